The number of nitrogens with zero attached hydrogens (tertiary/aromatic N) is 3. The molecule has 2 aliphatic rings. The van der Waals surface area contributed by atoms with Crippen molar-refractivity contribution in [3.8, 4) is 0 Å². The molecular formula is C28H33FN4O5. The third-order valence-corrected chi connectivity index (χ3v) is 6.99. The molecule has 2 heterocycles. The molecule has 2 amide bonds. The van der Waals surface area contributed by atoms with E-state index in [1.165, 1.54) is 48.5 Å². The van der Waals surface area contributed by atoms with Gasteiger partial charge in [-0.2, -0.15) is 0 Å². The van der Waals surface area contributed by atoms with Crippen molar-refractivity contribution >= 4 is 28.9 Å². The minimum absolute atomic E-state index is 0.0828. The number of carbonyl (C=O) groups excluding carboxylic acids is 2. The van der Waals surface area contributed by atoms with E-state index in [4.69, 9.17) is 0 Å². The van der Waals surface area contributed by atoms with Gasteiger partial charge < -0.3 is 10.5 Å². The summed E-state index contributed by atoms with van der Waals surface area (Å²) in [4.78, 5) is 38.8. The first-order valence-corrected chi connectivity index (χ1v) is 12.5. The van der Waals surface area contributed by atoms with Gasteiger partial charge >= 0.3 is 0 Å². The van der Waals surface area contributed by atoms with Crippen LogP contribution >= 0.6 is 0 Å². The van der Waals surface area contributed by atoms with E-state index in [0.717, 1.165) is 4.90 Å². The molecule has 0 aromatic heterocycles. The predicted molar refractivity (Wildman–Crippen MR) is 142 cm³/mol. The number of nitro benzene ring substituents is 1. The molecule has 1 saturated heterocycles. The number of amides is 2. The Labute approximate surface area is 221 Å². The highest BCUT2D eigenvalue weighted by Gasteiger charge is 2.55. The Morgan fingerprint density at radius 1 is 1.00 bits per heavy atom. The Morgan fingerprint density at radius 3 is 2.16 bits per heavy atom. The molecule has 2 aromatic rings. The first kappa shape index (κ1) is 27.4. The molecule has 2 N–H and O–H groups in total. The Morgan fingerprint density at radius 2 is 1.61 bits per heavy atom. The zero-order valence-corrected chi connectivity index (χ0v) is 22.1. The van der Waals surface area contributed by atoms with E-state index in [2.05, 4.69) is 26.2 Å². The molecule has 4 atom stereocenters. The second-order valence-electron chi connectivity index (χ2n) is 11.8. The monoisotopic (exact) mass is 524 g/mol. The van der Waals surface area contributed by atoms with Crippen LogP contribution in [-0.4, -0.2) is 45.0 Å². The number of fused-ring (bicyclic) bond motifs is 1. The predicted octanol–water partition coefficient (Wildman–Crippen LogP) is 4.68. The average Bonchev–Trinajstić information content (AvgIpc) is 3.08. The van der Waals surface area contributed by atoms with Crippen LogP contribution in [0.2, 0.25) is 0 Å². The fourth-order valence-corrected chi connectivity index (χ4v) is 5.66. The Hall–Kier alpha value is -3.63. The van der Waals surface area contributed by atoms with Gasteiger partial charge in [-0.1, -0.05) is 46.8 Å². The highest BCUT2D eigenvalue weighted by Crippen LogP contribution is 2.42. The van der Waals surface area contributed by atoms with Crippen LogP contribution in [0.25, 0.3) is 0 Å². The highest BCUT2D eigenvalue weighted by molar-refractivity contribution is 6.24. The normalized spacial score (nSPS) is 22.9. The molecule has 0 bridgehead atoms. The molecule has 2 aromatic carbocycles. The maximum absolute atomic E-state index is 13.8. The molecule has 4 rings (SSSR count). The number of rotatable bonds is 7. The molecule has 202 valence electrons. The first-order valence-electron chi connectivity index (χ1n) is 12.5. The number of anilines is 2. The molecule has 1 unspecified atom stereocenters. The summed E-state index contributed by atoms with van der Waals surface area (Å²) in [6.07, 6.45) is 3.13. The highest BCUT2D eigenvalue weighted by atomic mass is 19.1. The van der Waals surface area contributed by atoms with Gasteiger partial charge in [-0.3, -0.25) is 19.7 Å². The van der Waals surface area contributed by atoms with Crippen molar-refractivity contribution in [3.05, 3.63) is 76.6 Å². The average molecular weight is 525 g/mol. The molecule has 2 aliphatic heterocycles. The number of halogens is 1. The second-order valence-corrected chi connectivity index (χ2v) is 11.8. The van der Waals surface area contributed by atoms with Crippen molar-refractivity contribution in [2.45, 2.75) is 59.2 Å². The summed E-state index contributed by atoms with van der Waals surface area (Å²) in [6, 6.07) is 9.10. The Bertz CT molecular complexity index is 1250. The van der Waals surface area contributed by atoms with Crippen LogP contribution in [-0.2, 0) is 9.59 Å². The summed E-state index contributed by atoms with van der Waals surface area (Å²) in [6.45, 7) is 10.2. The van der Waals surface area contributed by atoms with E-state index in [1.54, 1.807) is 17.2 Å². The molecule has 0 spiro atoms. The summed E-state index contributed by atoms with van der Waals surface area (Å²) in [5.41, 5.74) is 3.12. The van der Waals surface area contributed by atoms with E-state index >= 15 is 0 Å². The lowest BCUT2D eigenvalue weighted by molar-refractivity contribution is -0.384. The SMILES string of the molecule is CC(C)(C)CC(C)(C)[C@@H](O)C1C=C[C@H]2C(=O)N(c3ccc(F)cc3)C(=O)[C@H]2N1Nc1ccc([N+](=O)[O-])cc1. The van der Waals surface area contributed by atoms with Gasteiger partial charge in [-0.25, -0.2) is 14.3 Å². The number of aliphatic hydroxyl groups is 1. The summed E-state index contributed by atoms with van der Waals surface area (Å²) in [7, 11) is 0. The summed E-state index contributed by atoms with van der Waals surface area (Å²) >= 11 is 0. The van der Waals surface area contributed by atoms with Gasteiger partial charge in [0.1, 0.15) is 11.9 Å². The third kappa shape index (κ3) is 5.32. The van der Waals surface area contributed by atoms with Gasteiger partial charge in [0.25, 0.3) is 11.6 Å². The molecule has 0 aliphatic carbocycles. The summed E-state index contributed by atoms with van der Waals surface area (Å²) in [5.74, 6) is -2.31. The molecule has 38 heavy (non-hydrogen) atoms. The van der Waals surface area contributed by atoms with Crippen molar-refractivity contribution in [2.75, 3.05) is 10.3 Å². The maximum Gasteiger partial charge on any atom is 0.269 e. The van der Waals surface area contributed by atoms with E-state index in [1.807, 2.05) is 13.8 Å². The number of hydrogen-bond acceptors (Lipinski definition) is 7. The standard InChI is InChI=1S/C28H33FN4O5/c1-27(2,3)16-28(4,5)24(34)22-15-14-21-23(32(22)30-18-8-12-20(13-9-18)33(37)38)26(36)31(25(21)35)19-10-6-17(29)7-11-19/h6-15,21-24,30,34H,16H2,1-5H3/t21-,22?,23+,24+/m1/s1. The van der Waals surface area contributed by atoms with Crippen molar-refractivity contribution in [3.63, 3.8) is 0 Å². The topological polar surface area (TPSA) is 116 Å². The smallest absolute Gasteiger partial charge is 0.269 e. The Balaban J connectivity index is 1.73. The summed E-state index contributed by atoms with van der Waals surface area (Å²) in [5, 5.41) is 24.3. The minimum atomic E-state index is -1.00. The second kappa shape index (κ2) is 9.92. The van der Waals surface area contributed by atoms with Crippen molar-refractivity contribution < 1.29 is 24.0 Å². The van der Waals surface area contributed by atoms with Crippen molar-refractivity contribution in [1.29, 1.82) is 0 Å². The molecule has 10 heteroatoms. The minimum Gasteiger partial charge on any atom is -0.391 e. The number of nitrogens with one attached hydrogen (secondary N) is 1. The van der Waals surface area contributed by atoms with E-state index in [0.29, 0.717) is 12.1 Å². The number of nitro groups is 1. The number of non-ortho nitro benzene ring substituents is 1. The fraction of sp³-hybridized carbons (Fsp3) is 0.429. The van der Waals surface area contributed by atoms with Crippen LogP contribution in [0.5, 0.6) is 0 Å². The lowest BCUT2D eigenvalue weighted by Gasteiger charge is -2.46. The van der Waals surface area contributed by atoms with Gasteiger partial charge in [-0.05, 0) is 53.6 Å². The lowest BCUT2D eigenvalue weighted by atomic mass is 9.70. The number of carbonyl (C=O) groups is 2. The van der Waals surface area contributed by atoms with Gasteiger partial charge in [0.15, 0.2) is 0 Å². The van der Waals surface area contributed by atoms with E-state index in [9.17, 15) is 29.2 Å². The first-order chi connectivity index (χ1) is 17.7. The summed E-state index contributed by atoms with van der Waals surface area (Å²) < 4.78 is 13.5. The van der Waals surface area contributed by atoms with Crippen LogP contribution in [0.4, 0.5) is 21.5 Å². The lowest BCUT2D eigenvalue weighted by Crippen LogP contribution is -2.60. The number of hydrogen-bond donors (Lipinski definition) is 2. The van der Waals surface area contributed by atoms with Crippen LogP contribution in [0, 0.1) is 32.7 Å². The molecule has 0 radical (unpaired) electrons. The molecule has 1 fully saturated rings. The number of benzene rings is 2. The zero-order valence-electron chi connectivity index (χ0n) is 22.1. The number of aliphatic hydroxyl groups excluding tert-OH is 1. The van der Waals surface area contributed by atoms with Crippen molar-refractivity contribution in [2.24, 2.45) is 16.7 Å². The number of imide groups is 1. The van der Waals surface area contributed by atoms with Gasteiger partial charge in [0.05, 0.1) is 28.7 Å². The van der Waals surface area contributed by atoms with Crippen LogP contribution in [0.15, 0.2) is 60.7 Å². The maximum atomic E-state index is 13.8. The van der Waals surface area contributed by atoms with Crippen LogP contribution in [0.3, 0.4) is 0 Å². The Kier molecular flexibility index (Phi) is 7.15. The largest absolute Gasteiger partial charge is 0.391 e. The van der Waals surface area contributed by atoms with E-state index < -0.39 is 52.1 Å². The van der Waals surface area contributed by atoms with Crippen LogP contribution in [0.1, 0.15) is 41.0 Å². The quantitative estimate of drug-likeness (QED) is 0.234. The number of hydrazine groups is 1. The third-order valence-electron chi connectivity index (χ3n) is 6.99. The molecule has 0 saturated carbocycles. The molecule has 9 nitrogen and oxygen atoms in total. The van der Waals surface area contributed by atoms with Crippen LogP contribution < -0.4 is 10.3 Å². The van der Waals surface area contributed by atoms with E-state index in [-0.39, 0.29) is 16.8 Å². The van der Waals surface area contributed by atoms with Gasteiger partial charge in [-0.15, -0.1) is 0 Å². The van der Waals surface area contributed by atoms with Gasteiger partial charge in [0, 0.05) is 17.8 Å². The fourth-order valence-electron chi connectivity index (χ4n) is 5.66. The van der Waals surface area contributed by atoms with Gasteiger partial charge in [0.2, 0.25) is 5.91 Å². The zero-order chi connectivity index (χ0) is 28.0. The molecular weight excluding hydrogens is 491 g/mol. The van der Waals surface area contributed by atoms with Crippen molar-refractivity contribution in [1.82, 2.24) is 5.01 Å².